The summed E-state index contributed by atoms with van der Waals surface area (Å²) in [6.45, 7) is 6.84. The van der Waals surface area contributed by atoms with Crippen LogP contribution < -0.4 is 4.90 Å². The summed E-state index contributed by atoms with van der Waals surface area (Å²) in [5, 5.41) is 3.53. The summed E-state index contributed by atoms with van der Waals surface area (Å²) < 4.78 is 6.89. The lowest BCUT2D eigenvalue weighted by atomic mass is 9.70. The Hall–Kier alpha value is -7.68. The van der Waals surface area contributed by atoms with Crippen molar-refractivity contribution in [2.24, 2.45) is 0 Å². The molecular weight excluding hydrogens is 775 g/mol. The van der Waals surface area contributed by atoms with Crippen LogP contribution in [0.3, 0.4) is 0 Å². The number of anilines is 3. The average molecular weight is 820 g/mol. The summed E-state index contributed by atoms with van der Waals surface area (Å²) in [4.78, 5) is 2.52. The van der Waals surface area contributed by atoms with Gasteiger partial charge in [0.05, 0.1) is 5.41 Å². The maximum atomic E-state index is 6.89. The van der Waals surface area contributed by atoms with E-state index in [-0.39, 0.29) is 5.41 Å². The number of allylic oxidation sites excluding steroid dienone is 1. The van der Waals surface area contributed by atoms with Gasteiger partial charge in [0.1, 0.15) is 11.3 Å². The van der Waals surface area contributed by atoms with Gasteiger partial charge >= 0.3 is 0 Å². The van der Waals surface area contributed by atoms with Gasteiger partial charge in [-0.2, -0.15) is 0 Å². The molecule has 2 heteroatoms. The van der Waals surface area contributed by atoms with Gasteiger partial charge in [0.15, 0.2) is 0 Å². The zero-order valence-electron chi connectivity index (χ0n) is 36.2. The van der Waals surface area contributed by atoms with Gasteiger partial charge in [-0.25, -0.2) is 0 Å². The summed E-state index contributed by atoms with van der Waals surface area (Å²) in [6, 6.07) is 72.5. The second-order valence-electron chi connectivity index (χ2n) is 18.3. The Labute approximate surface area is 374 Å². The molecule has 2 nitrogen and oxygen atoms in total. The first kappa shape index (κ1) is 36.9. The van der Waals surface area contributed by atoms with Gasteiger partial charge in [-0.05, 0) is 132 Å². The molecule has 10 aromatic rings. The predicted molar refractivity (Wildman–Crippen MR) is 266 cm³/mol. The van der Waals surface area contributed by atoms with E-state index in [2.05, 4.69) is 232 Å². The van der Waals surface area contributed by atoms with Crippen molar-refractivity contribution in [3.63, 3.8) is 0 Å². The molecule has 0 aliphatic heterocycles. The fourth-order valence-electron chi connectivity index (χ4n) is 11.9. The van der Waals surface area contributed by atoms with Crippen LogP contribution in [-0.4, -0.2) is 0 Å². The lowest BCUT2D eigenvalue weighted by Crippen LogP contribution is -2.26. The van der Waals surface area contributed by atoms with E-state index in [9.17, 15) is 0 Å². The minimum atomic E-state index is -0.457. The number of hydrogen-bond donors (Lipinski definition) is 0. The van der Waals surface area contributed by atoms with Crippen LogP contribution in [0.25, 0.3) is 61.2 Å². The van der Waals surface area contributed by atoms with E-state index in [4.69, 9.17) is 4.42 Å². The van der Waals surface area contributed by atoms with Crippen LogP contribution in [0.5, 0.6) is 0 Å². The third-order valence-corrected chi connectivity index (χ3v) is 14.7. The van der Waals surface area contributed by atoms with E-state index in [1.165, 1.54) is 83.1 Å². The van der Waals surface area contributed by atoms with Crippen LogP contribution in [0, 0.1) is 0 Å². The van der Waals surface area contributed by atoms with E-state index >= 15 is 0 Å². The fourth-order valence-corrected chi connectivity index (χ4v) is 11.9. The third-order valence-electron chi connectivity index (χ3n) is 14.7. The molecule has 0 fully saturated rings. The minimum absolute atomic E-state index is 0.159. The summed E-state index contributed by atoms with van der Waals surface area (Å²) in [6.07, 6.45) is 4.97. The van der Waals surface area contributed by atoms with Crippen molar-refractivity contribution in [1.82, 2.24) is 0 Å². The molecule has 1 aromatic heterocycles. The van der Waals surface area contributed by atoms with Gasteiger partial charge in [-0.1, -0.05) is 178 Å². The van der Waals surface area contributed by atoms with E-state index in [1.807, 2.05) is 0 Å². The van der Waals surface area contributed by atoms with Crippen LogP contribution in [0.2, 0.25) is 0 Å². The number of rotatable bonds is 6. The maximum absolute atomic E-state index is 6.89. The Morgan fingerprint density at radius 3 is 1.58 bits per heavy atom. The van der Waals surface area contributed by atoms with Crippen LogP contribution in [-0.2, 0) is 17.3 Å². The molecule has 0 bridgehead atoms. The molecule has 0 unspecified atom stereocenters. The van der Waals surface area contributed by atoms with Crippen molar-refractivity contribution < 1.29 is 4.42 Å². The largest absolute Gasteiger partial charge is 0.460 e. The SMILES string of the molecule is C/C=C\c1c(Cc2ccccc2N(c2ccc3c(c2)C(C)(C)c2ccccc2-3)c2ccc3c(c2)C2(c4ccccc4-c4ccccc42)c2ccccc2-3)oc2cc3ccccc3cc12. The van der Waals surface area contributed by atoms with Gasteiger partial charge in [0, 0.05) is 39.8 Å². The molecule has 0 N–H and O–H groups in total. The van der Waals surface area contributed by atoms with Crippen LogP contribution >= 0.6 is 0 Å². The summed E-state index contributed by atoms with van der Waals surface area (Å²) >= 11 is 0. The van der Waals surface area contributed by atoms with E-state index < -0.39 is 5.41 Å². The average Bonchev–Trinajstić information content (AvgIpc) is 4.00. The quantitative estimate of drug-likeness (QED) is 0.166. The summed E-state index contributed by atoms with van der Waals surface area (Å²) in [5.74, 6) is 0.962. The lowest BCUT2D eigenvalue weighted by molar-refractivity contribution is 0.562. The standard InChI is InChI=1S/C62H45NO/c1-4-17-50-51-34-39-18-5-6-19-40(39)35-60(51)64-59(50)36-41-20-7-16-29-58(41)63(42-30-32-48-44-21-8-12-25-52(44)61(2,3)56(48)37-42)43-31-33-49-47-24-11-15-28-55(47)62(57(49)38-43)53-26-13-9-22-45(53)46-23-10-14-27-54(46)62/h4-35,37-38H,36H2,1-3H3/b17-4-. The Kier molecular flexibility index (Phi) is 7.88. The number of hydrogen-bond acceptors (Lipinski definition) is 2. The van der Waals surface area contributed by atoms with Gasteiger partial charge < -0.3 is 9.32 Å². The molecule has 0 saturated heterocycles. The summed E-state index contributed by atoms with van der Waals surface area (Å²) in [5.41, 5.74) is 21.9. The second kappa shape index (κ2) is 13.7. The van der Waals surface area contributed by atoms with Gasteiger partial charge in [-0.15, -0.1) is 0 Å². The van der Waals surface area contributed by atoms with Gasteiger partial charge in [-0.3, -0.25) is 0 Å². The Balaban J connectivity index is 1.05. The lowest BCUT2D eigenvalue weighted by Gasteiger charge is -2.33. The highest BCUT2D eigenvalue weighted by Gasteiger charge is 2.51. The Morgan fingerprint density at radius 2 is 0.953 bits per heavy atom. The molecular formula is C62H45NO. The smallest absolute Gasteiger partial charge is 0.135 e. The van der Waals surface area contributed by atoms with Crippen molar-refractivity contribution in [3.8, 4) is 33.4 Å². The minimum Gasteiger partial charge on any atom is -0.460 e. The topological polar surface area (TPSA) is 16.4 Å². The zero-order chi connectivity index (χ0) is 42.7. The molecule has 3 aliphatic rings. The van der Waals surface area contributed by atoms with Crippen molar-refractivity contribution in [2.45, 2.75) is 38.0 Å². The molecule has 9 aromatic carbocycles. The van der Waals surface area contributed by atoms with Crippen molar-refractivity contribution >= 4 is 44.9 Å². The molecule has 0 radical (unpaired) electrons. The molecule has 1 spiro atoms. The zero-order valence-corrected chi connectivity index (χ0v) is 36.2. The first-order valence-corrected chi connectivity index (χ1v) is 22.6. The molecule has 304 valence electrons. The number of benzene rings is 9. The number of nitrogens with zero attached hydrogens (tertiary/aromatic N) is 1. The normalized spacial score (nSPS) is 14.4. The maximum Gasteiger partial charge on any atom is 0.135 e. The van der Waals surface area contributed by atoms with Gasteiger partial charge in [0.2, 0.25) is 0 Å². The van der Waals surface area contributed by atoms with Crippen molar-refractivity contribution in [1.29, 1.82) is 0 Å². The molecule has 0 saturated carbocycles. The van der Waals surface area contributed by atoms with E-state index in [0.717, 1.165) is 39.4 Å². The molecule has 13 rings (SSSR count). The summed E-state index contributed by atoms with van der Waals surface area (Å²) in [7, 11) is 0. The predicted octanol–water partition coefficient (Wildman–Crippen LogP) is 16.3. The van der Waals surface area contributed by atoms with E-state index in [0.29, 0.717) is 6.42 Å². The highest BCUT2D eigenvalue weighted by atomic mass is 16.3. The molecule has 0 atom stereocenters. The Morgan fingerprint density at radius 1 is 0.469 bits per heavy atom. The second-order valence-corrected chi connectivity index (χ2v) is 18.3. The highest BCUT2D eigenvalue weighted by molar-refractivity contribution is 6.01. The Bertz CT molecular complexity index is 3530. The molecule has 0 amide bonds. The number of furan rings is 1. The first-order chi connectivity index (χ1) is 31.4. The number of para-hydroxylation sites is 1. The van der Waals surface area contributed by atoms with Crippen LogP contribution in [0.1, 0.15) is 71.0 Å². The number of fused-ring (bicyclic) bond motifs is 15. The molecule has 1 heterocycles. The van der Waals surface area contributed by atoms with E-state index in [1.54, 1.807) is 0 Å². The molecule has 64 heavy (non-hydrogen) atoms. The first-order valence-electron chi connectivity index (χ1n) is 22.6. The third kappa shape index (κ3) is 5.02. The van der Waals surface area contributed by atoms with Crippen LogP contribution in [0.15, 0.2) is 205 Å². The monoisotopic (exact) mass is 819 g/mol. The van der Waals surface area contributed by atoms with Crippen molar-refractivity contribution in [2.75, 3.05) is 4.90 Å². The van der Waals surface area contributed by atoms with Gasteiger partial charge in [0.25, 0.3) is 0 Å². The highest BCUT2D eigenvalue weighted by Crippen LogP contribution is 2.63. The van der Waals surface area contributed by atoms with Crippen molar-refractivity contribution in [3.05, 3.63) is 250 Å². The molecule has 3 aliphatic carbocycles. The van der Waals surface area contributed by atoms with Crippen LogP contribution in [0.4, 0.5) is 17.1 Å². The fraction of sp³-hybridized carbons (Fsp3) is 0.0968.